The third kappa shape index (κ3) is 6.83. The molecule has 0 radical (unpaired) electrons. The number of halogens is 1. The lowest BCUT2D eigenvalue weighted by Gasteiger charge is -2.25. The first-order valence-electron chi connectivity index (χ1n) is 13.8. The maximum atomic E-state index is 14.1. The van der Waals surface area contributed by atoms with Crippen LogP contribution in [0.4, 0.5) is 0 Å². The summed E-state index contributed by atoms with van der Waals surface area (Å²) in [5.74, 6) is 0.576. The maximum absolute atomic E-state index is 14.1. The van der Waals surface area contributed by atoms with Crippen molar-refractivity contribution in [3.05, 3.63) is 76.9 Å². The predicted octanol–water partition coefficient (Wildman–Crippen LogP) is 3.92. The van der Waals surface area contributed by atoms with Crippen molar-refractivity contribution in [3.63, 3.8) is 0 Å². The van der Waals surface area contributed by atoms with Crippen molar-refractivity contribution in [2.24, 2.45) is 4.99 Å². The monoisotopic (exact) mass is 688 g/mol. The van der Waals surface area contributed by atoms with E-state index >= 15 is 0 Å². The summed E-state index contributed by atoms with van der Waals surface area (Å²) < 4.78 is 35.3. The van der Waals surface area contributed by atoms with Gasteiger partial charge in [-0.15, -0.1) is 0 Å². The number of hydrogen-bond acceptors (Lipinski definition) is 11. The van der Waals surface area contributed by atoms with E-state index in [1.165, 1.54) is 23.0 Å². The van der Waals surface area contributed by atoms with Gasteiger partial charge in [0.15, 0.2) is 34.4 Å². The van der Waals surface area contributed by atoms with Gasteiger partial charge in [-0.25, -0.2) is 14.6 Å². The molecule has 0 bridgehead atoms. The fourth-order valence-corrected chi connectivity index (χ4v) is 6.26. The summed E-state index contributed by atoms with van der Waals surface area (Å²) in [7, 11) is 2.81. The van der Waals surface area contributed by atoms with E-state index in [2.05, 4.69) is 25.7 Å². The number of nitrogens with zero attached hydrogens (tertiary/aromatic N) is 2. The molecular formula is C31H33BrN2O9S. The van der Waals surface area contributed by atoms with Gasteiger partial charge in [-0.3, -0.25) is 9.36 Å². The lowest BCUT2D eigenvalue weighted by atomic mass is 9.95. The Morgan fingerprint density at radius 2 is 1.75 bits per heavy atom. The number of hydrogen-bond donors (Lipinski definition) is 0. The molecule has 1 aliphatic rings. The van der Waals surface area contributed by atoms with E-state index in [4.69, 9.17) is 23.7 Å². The highest BCUT2D eigenvalue weighted by atomic mass is 79.9. The van der Waals surface area contributed by atoms with Crippen molar-refractivity contribution < 1.29 is 38.0 Å². The van der Waals surface area contributed by atoms with Crippen LogP contribution in [-0.4, -0.2) is 57.2 Å². The number of fused-ring (bicyclic) bond motifs is 1. The van der Waals surface area contributed by atoms with Gasteiger partial charge in [0.1, 0.15) is 0 Å². The quantitative estimate of drug-likeness (QED) is 0.261. The first-order chi connectivity index (χ1) is 21.2. The molecule has 0 unspecified atom stereocenters. The normalized spacial score (nSPS) is 14.4. The zero-order chi connectivity index (χ0) is 32.0. The van der Waals surface area contributed by atoms with Gasteiger partial charge in [0.05, 0.1) is 60.4 Å². The van der Waals surface area contributed by atoms with Gasteiger partial charge in [-0.1, -0.05) is 17.4 Å². The van der Waals surface area contributed by atoms with Gasteiger partial charge in [-0.05, 0) is 85.1 Å². The fraction of sp³-hybridized carbons (Fsp3) is 0.355. The van der Waals surface area contributed by atoms with Gasteiger partial charge in [0.25, 0.3) is 5.56 Å². The molecule has 0 spiro atoms. The molecule has 0 amide bonds. The molecule has 44 heavy (non-hydrogen) atoms. The number of aromatic nitrogens is 1. The number of rotatable bonds is 12. The Kier molecular flexibility index (Phi) is 10.9. The molecule has 13 heteroatoms. The number of thiazole rings is 1. The Hall–Kier alpha value is -4.10. The minimum atomic E-state index is -0.872. The standard InChI is InChI=1S/C31H33BrN2O9S/c1-7-40-22-15-19(10-11-21(22)43-16-25(35)39-6)27-26(30(37)42-9-3)17(4)33-31-34(27)29(36)24(44-31)14-18-12-20(32)28(41-8-2)23(13-18)38-5/h10-15,27H,7-9,16H2,1-6H3/b24-14-/t27-/m0/s1. The van der Waals surface area contributed by atoms with Crippen LogP contribution in [0.5, 0.6) is 23.0 Å². The summed E-state index contributed by atoms with van der Waals surface area (Å²) in [6.45, 7) is 7.70. The third-order valence-electron chi connectivity index (χ3n) is 6.51. The molecule has 1 aromatic heterocycles. The molecule has 3 aromatic rings. The molecule has 0 N–H and O–H groups in total. The number of benzene rings is 2. The largest absolute Gasteiger partial charge is 0.493 e. The van der Waals surface area contributed by atoms with E-state index < -0.39 is 18.0 Å². The number of ether oxygens (including phenoxy) is 6. The van der Waals surface area contributed by atoms with E-state index in [0.29, 0.717) is 66.8 Å². The van der Waals surface area contributed by atoms with Crippen molar-refractivity contribution in [1.82, 2.24) is 4.57 Å². The Balaban J connectivity index is 1.90. The molecule has 0 aliphatic carbocycles. The van der Waals surface area contributed by atoms with Crippen LogP contribution in [0, 0.1) is 0 Å². The van der Waals surface area contributed by atoms with Crippen molar-refractivity contribution in [2.45, 2.75) is 33.7 Å². The number of methoxy groups -OCH3 is 2. The molecule has 0 fully saturated rings. The maximum Gasteiger partial charge on any atom is 0.343 e. The highest BCUT2D eigenvalue weighted by Gasteiger charge is 2.34. The average molecular weight is 690 g/mol. The van der Waals surface area contributed by atoms with Crippen LogP contribution in [0.1, 0.15) is 44.9 Å². The van der Waals surface area contributed by atoms with E-state index in [9.17, 15) is 14.4 Å². The second-order valence-electron chi connectivity index (χ2n) is 9.27. The highest BCUT2D eigenvalue weighted by molar-refractivity contribution is 9.10. The highest BCUT2D eigenvalue weighted by Crippen LogP contribution is 2.38. The van der Waals surface area contributed by atoms with Crippen LogP contribution in [0.15, 0.2) is 55.9 Å². The van der Waals surface area contributed by atoms with Gasteiger partial charge < -0.3 is 28.4 Å². The number of carbonyl (C=O) groups is 2. The summed E-state index contributed by atoms with van der Waals surface area (Å²) in [6.07, 6.45) is 1.74. The number of esters is 2. The zero-order valence-corrected chi connectivity index (χ0v) is 27.6. The van der Waals surface area contributed by atoms with E-state index in [0.717, 1.165) is 0 Å². The second-order valence-corrected chi connectivity index (χ2v) is 11.1. The molecule has 0 saturated heterocycles. The van der Waals surface area contributed by atoms with E-state index in [1.54, 1.807) is 51.3 Å². The molecule has 0 saturated carbocycles. The van der Waals surface area contributed by atoms with E-state index in [1.807, 2.05) is 19.9 Å². The number of allylic oxidation sites excluding steroid dienone is 1. The van der Waals surface area contributed by atoms with E-state index in [-0.39, 0.29) is 24.3 Å². The summed E-state index contributed by atoms with van der Waals surface area (Å²) in [6, 6.07) is 7.76. The van der Waals surface area contributed by atoms with Crippen molar-refractivity contribution in [3.8, 4) is 23.0 Å². The Labute approximate surface area is 266 Å². The molecule has 2 aromatic carbocycles. The second kappa shape index (κ2) is 14.6. The summed E-state index contributed by atoms with van der Waals surface area (Å²) in [4.78, 5) is 44.1. The van der Waals surface area contributed by atoms with Gasteiger partial charge in [0, 0.05) is 0 Å². The molecule has 2 heterocycles. The van der Waals surface area contributed by atoms with Crippen LogP contribution in [-0.2, 0) is 19.1 Å². The fourth-order valence-electron chi connectivity index (χ4n) is 4.64. The molecule has 4 rings (SSSR count). The van der Waals surface area contributed by atoms with Crippen molar-refractivity contribution in [2.75, 3.05) is 40.6 Å². The van der Waals surface area contributed by atoms with Crippen molar-refractivity contribution >= 4 is 45.3 Å². The third-order valence-corrected chi connectivity index (χ3v) is 8.08. The summed E-state index contributed by atoms with van der Waals surface area (Å²) in [5.41, 5.74) is 1.57. The van der Waals surface area contributed by atoms with Gasteiger partial charge in [0.2, 0.25) is 0 Å². The van der Waals surface area contributed by atoms with Gasteiger partial charge >= 0.3 is 11.9 Å². The number of carbonyl (C=O) groups excluding carboxylic acids is 2. The Morgan fingerprint density at radius 3 is 2.41 bits per heavy atom. The Bertz CT molecular complexity index is 1780. The summed E-state index contributed by atoms with van der Waals surface area (Å²) >= 11 is 4.73. The topological polar surface area (TPSA) is 124 Å². The zero-order valence-electron chi connectivity index (χ0n) is 25.2. The van der Waals surface area contributed by atoms with Crippen LogP contribution in [0.2, 0.25) is 0 Å². The average Bonchev–Trinajstić information content (AvgIpc) is 3.30. The van der Waals surface area contributed by atoms with Crippen LogP contribution in [0.3, 0.4) is 0 Å². The minimum absolute atomic E-state index is 0.145. The molecule has 1 atom stereocenters. The molecule has 1 aliphatic heterocycles. The summed E-state index contributed by atoms with van der Waals surface area (Å²) in [5, 5.41) is 0. The van der Waals surface area contributed by atoms with Crippen LogP contribution < -0.4 is 33.8 Å². The smallest absolute Gasteiger partial charge is 0.343 e. The SMILES string of the molecule is CCOC(=O)C1=C(C)N=c2s/c(=C\c3cc(Br)c(OCC)c(OC)c3)c(=O)n2[C@H]1c1ccc(OCC(=O)OC)c(OCC)c1. The molecule has 11 nitrogen and oxygen atoms in total. The lowest BCUT2D eigenvalue weighted by molar-refractivity contribution is -0.143. The predicted molar refractivity (Wildman–Crippen MR) is 167 cm³/mol. The van der Waals surface area contributed by atoms with Crippen LogP contribution >= 0.6 is 27.3 Å². The minimum Gasteiger partial charge on any atom is -0.493 e. The lowest BCUT2D eigenvalue weighted by Crippen LogP contribution is -2.40. The van der Waals surface area contributed by atoms with Gasteiger partial charge in [-0.2, -0.15) is 0 Å². The van der Waals surface area contributed by atoms with Crippen molar-refractivity contribution in [1.29, 1.82) is 0 Å². The molecule has 234 valence electrons. The first-order valence-corrected chi connectivity index (χ1v) is 15.4. The molecular weight excluding hydrogens is 656 g/mol. The van der Waals surface area contributed by atoms with Crippen LogP contribution in [0.25, 0.3) is 6.08 Å². The Morgan fingerprint density at radius 1 is 1.00 bits per heavy atom. The first kappa shape index (κ1) is 32.8.